The van der Waals surface area contributed by atoms with E-state index in [2.05, 4.69) is 20.3 Å². The van der Waals surface area contributed by atoms with E-state index in [1.807, 2.05) is 0 Å². The van der Waals surface area contributed by atoms with Crippen molar-refractivity contribution in [2.75, 3.05) is 0 Å². The van der Waals surface area contributed by atoms with Gasteiger partial charge in [-0.2, -0.15) is 0 Å². The van der Waals surface area contributed by atoms with Gasteiger partial charge in [0.1, 0.15) is 0 Å². The summed E-state index contributed by atoms with van der Waals surface area (Å²) in [5.41, 5.74) is 2.01. The van der Waals surface area contributed by atoms with Crippen LogP contribution in [0.5, 0.6) is 0 Å². The fourth-order valence-corrected chi connectivity index (χ4v) is 6.79. The molecule has 0 unspecified atom stereocenters. The third-order valence-corrected chi connectivity index (χ3v) is 8.02. The molecule has 4 aliphatic rings. The zero-order valence-electron chi connectivity index (χ0n) is 13.3. The van der Waals surface area contributed by atoms with Crippen molar-refractivity contribution in [3.63, 3.8) is 0 Å². The molecule has 2 heteroatoms. The number of hydrogen-bond acceptors (Lipinski definition) is 1. The molecule has 0 aromatic heterocycles. The van der Waals surface area contributed by atoms with Gasteiger partial charge in [0.2, 0.25) is 0 Å². The van der Waals surface area contributed by atoms with E-state index in [4.69, 9.17) is 11.6 Å². The van der Waals surface area contributed by atoms with E-state index in [-0.39, 0.29) is 11.2 Å². The van der Waals surface area contributed by atoms with E-state index >= 15 is 0 Å². The van der Waals surface area contributed by atoms with E-state index in [0.29, 0.717) is 16.9 Å². The molecule has 21 heavy (non-hydrogen) atoms. The molecule has 5 atom stereocenters. The summed E-state index contributed by atoms with van der Waals surface area (Å²) in [7, 11) is 0. The van der Waals surface area contributed by atoms with E-state index in [9.17, 15) is 4.79 Å². The molecule has 4 rings (SSSR count). The van der Waals surface area contributed by atoms with E-state index in [1.54, 1.807) is 0 Å². The number of ketones is 1. The van der Waals surface area contributed by atoms with Gasteiger partial charge in [-0.3, -0.25) is 4.79 Å². The average molecular weight is 306 g/mol. The van der Waals surface area contributed by atoms with Crippen molar-refractivity contribution in [3.05, 3.63) is 17.0 Å². The number of hydrogen-bond donors (Lipinski definition) is 0. The Bertz CT molecular complexity index is 522. The maximum Gasteiger partial charge on any atom is 0.174 e. The monoisotopic (exact) mass is 305 g/mol. The second-order valence-electron chi connectivity index (χ2n) is 8.37. The largest absolute Gasteiger partial charge is 0.293 e. The zero-order chi connectivity index (χ0) is 14.8. The number of halogens is 1. The number of carbonyl (C=O) groups is 1. The van der Waals surface area contributed by atoms with Gasteiger partial charge in [-0.05, 0) is 85.5 Å². The van der Waals surface area contributed by atoms with E-state index < -0.39 is 0 Å². The lowest BCUT2D eigenvalue weighted by molar-refractivity contribution is -0.117. The molecular formula is C19H26ClO. The highest BCUT2D eigenvalue weighted by Crippen LogP contribution is 2.65. The fraction of sp³-hybridized carbons (Fsp3) is 0.789. The number of Topliss-reactive ketones (excluding diaryl/α,β-unsaturated/α-hetero) is 1. The lowest BCUT2D eigenvalue weighted by atomic mass is 9.47. The van der Waals surface area contributed by atoms with E-state index in [1.165, 1.54) is 37.7 Å². The summed E-state index contributed by atoms with van der Waals surface area (Å²) in [6, 6.07) is 0. The Morgan fingerprint density at radius 3 is 2.71 bits per heavy atom. The third-order valence-electron chi connectivity index (χ3n) is 7.58. The minimum Gasteiger partial charge on any atom is -0.293 e. The molecule has 0 bridgehead atoms. The van der Waals surface area contributed by atoms with Crippen LogP contribution < -0.4 is 0 Å². The molecule has 4 aliphatic carbocycles. The van der Waals surface area contributed by atoms with E-state index in [0.717, 1.165) is 30.6 Å². The summed E-state index contributed by atoms with van der Waals surface area (Å²) in [4.78, 5) is 12.0. The first-order chi connectivity index (χ1) is 9.96. The Morgan fingerprint density at radius 2 is 1.90 bits per heavy atom. The topological polar surface area (TPSA) is 17.1 Å². The predicted octanol–water partition coefficient (Wildman–Crippen LogP) is 5.29. The second-order valence-corrected chi connectivity index (χ2v) is 8.75. The minimum absolute atomic E-state index is 0.192. The highest BCUT2D eigenvalue weighted by atomic mass is 35.5. The number of carbonyl (C=O) groups excluding carboxylic acids is 1. The SMILES string of the molecule is C[C@@]12[CH]CC[C@H]1[C@@H]1CCC3=C(Cl)C(=O)CC[C@]3(C)[C@H]1CC2. The summed E-state index contributed by atoms with van der Waals surface area (Å²) in [5.74, 6) is 2.69. The van der Waals surface area contributed by atoms with Gasteiger partial charge in [0, 0.05) is 6.42 Å². The highest BCUT2D eigenvalue weighted by Gasteiger charge is 2.56. The van der Waals surface area contributed by atoms with Crippen LogP contribution >= 0.6 is 11.6 Å². The summed E-state index contributed by atoms with van der Waals surface area (Å²) < 4.78 is 0. The van der Waals surface area contributed by atoms with Gasteiger partial charge >= 0.3 is 0 Å². The third kappa shape index (κ3) is 1.85. The van der Waals surface area contributed by atoms with Gasteiger partial charge in [-0.1, -0.05) is 25.4 Å². The molecule has 0 heterocycles. The van der Waals surface area contributed by atoms with Crippen molar-refractivity contribution < 1.29 is 4.79 Å². The van der Waals surface area contributed by atoms with Crippen LogP contribution in [0.25, 0.3) is 0 Å². The van der Waals surface area contributed by atoms with Gasteiger partial charge in [0.05, 0.1) is 5.03 Å². The van der Waals surface area contributed by atoms with Gasteiger partial charge in [-0.25, -0.2) is 0 Å². The molecule has 115 valence electrons. The minimum atomic E-state index is 0.192. The molecule has 3 saturated carbocycles. The van der Waals surface area contributed by atoms with Crippen LogP contribution in [0.2, 0.25) is 0 Å². The first kappa shape index (κ1) is 14.3. The van der Waals surface area contributed by atoms with Crippen molar-refractivity contribution >= 4 is 17.4 Å². The Morgan fingerprint density at radius 1 is 1.10 bits per heavy atom. The van der Waals surface area contributed by atoms with Crippen LogP contribution in [0.3, 0.4) is 0 Å². The Labute approximate surface area is 133 Å². The summed E-state index contributed by atoms with van der Waals surface area (Å²) in [5, 5.41) is 0.605. The molecule has 0 aromatic rings. The smallest absolute Gasteiger partial charge is 0.174 e. The molecule has 1 radical (unpaired) electrons. The molecule has 0 spiro atoms. The van der Waals surface area contributed by atoms with Crippen LogP contribution in [-0.4, -0.2) is 5.78 Å². The molecule has 0 aromatic carbocycles. The lowest BCUT2D eigenvalue weighted by Crippen LogP contribution is -2.49. The molecule has 1 nitrogen and oxygen atoms in total. The molecular weight excluding hydrogens is 280 g/mol. The van der Waals surface area contributed by atoms with Crippen molar-refractivity contribution in [2.45, 2.75) is 65.2 Å². The van der Waals surface area contributed by atoms with Gasteiger partial charge in [0.25, 0.3) is 0 Å². The standard InChI is InChI=1S/C19H26ClO/c1-18-9-3-4-13(18)12-5-6-15-17(20)16(21)8-11-19(15,2)14(12)7-10-18/h9,12-14H,3-8,10-11H2,1-2H3/t12-,13-,14-,18-,19+/m0/s1. The van der Waals surface area contributed by atoms with Crippen molar-refractivity contribution in [2.24, 2.45) is 28.6 Å². The fourth-order valence-electron chi connectivity index (χ4n) is 6.39. The first-order valence-electron chi connectivity index (χ1n) is 8.72. The first-order valence-corrected chi connectivity index (χ1v) is 9.10. The molecule has 0 saturated heterocycles. The van der Waals surface area contributed by atoms with Crippen molar-refractivity contribution in [1.82, 2.24) is 0 Å². The van der Waals surface area contributed by atoms with Crippen LogP contribution in [-0.2, 0) is 4.79 Å². The Hall–Kier alpha value is -0.300. The summed E-state index contributed by atoms with van der Waals surface area (Å²) >= 11 is 6.42. The average Bonchev–Trinajstić information content (AvgIpc) is 2.85. The maximum absolute atomic E-state index is 12.0. The molecule has 0 aliphatic heterocycles. The van der Waals surface area contributed by atoms with Crippen LogP contribution in [0.1, 0.15) is 65.2 Å². The number of rotatable bonds is 0. The molecule has 0 N–H and O–H groups in total. The number of allylic oxidation sites excluding steroid dienone is 1. The van der Waals surface area contributed by atoms with Crippen LogP contribution in [0.15, 0.2) is 10.6 Å². The van der Waals surface area contributed by atoms with Crippen molar-refractivity contribution in [1.29, 1.82) is 0 Å². The highest BCUT2D eigenvalue weighted by molar-refractivity contribution is 6.43. The van der Waals surface area contributed by atoms with Gasteiger partial charge in [-0.15, -0.1) is 0 Å². The number of fused-ring (bicyclic) bond motifs is 5. The van der Waals surface area contributed by atoms with Gasteiger partial charge < -0.3 is 0 Å². The van der Waals surface area contributed by atoms with Gasteiger partial charge in [0.15, 0.2) is 5.78 Å². The quantitative estimate of drug-likeness (QED) is 0.594. The lowest BCUT2D eigenvalue weighted by Gasteiger charge is -2.57. The normalized spacial score (nSPS) is 49.7. The molecule has 3 fully saturated rings. The Kier molecular flexibility index (Phi) is 3.13. The second kappa shape index (κ2) is 4.60. The predicted molar refractivity (Wildman–Crippen MR) is 85.8 cm³/mol. The zero-order valence-corrected chi connectivity index (χ0v) is 14.0. The molecule has 0 amide bonds. The van der Waals surface area contributed by atoms with Crippen LogP contribution in [0, 0.1) is 35.0 Å². The Balaban J connectivity index is 1.72. The van der Waals surface area contributed by atoms with Crippen molar-refractivity contribution in [3.8, 4) is 0 Å². The summed E-state index contributed by atoms with van der Waals surface area (Å²) in [6.07, 6.45) is 12.0. The van der Waals surface area contributed by atoms with Crippen LogP contribution in [0.4, 0.5) is 0 Å². The summed E-state index contributed by atoms with van der Waals surface area (Å²) in [6.45, 7) is 4.90. The maximum atomic E-state index is 12.0.